The first-order valence-corrected chi connectivity index (χ1v) is 12.7. The fraction of sp³-hybridized carbons (Fsp3) is 0.333. The number of carbonyl (C=O) groups excluding carboxylic acids is 1. The zero-order valence-corrected chi connectivity index (χ0v) is 21.0. The average molecular weight is 503 g/mol. The molecule has 0 radical (unpaired) electrons. The third-order valence-corrected chi connectivity index (χ3v) is 7.42. The van der Waals surface area contributed by atoms with Crippen molar-refractivity contribution < 1.29 is 23.8 Å². The van der Waals surface area contributed by atoms with Gasteiger partial charge in [-0.3, -0.25) is 9.59 Å². The minimum Gasteiger partial charge on any atom is -0.496 e. The lowest BCUT2D eigenvalue weighted by atomic mass is 9.89. The van der Waals surface area contributed by atoms with Gasteiger partial charge in [0.25, 0.3) is 0 Å². The van der Waals surface area contributed by atoms with Crippen LogP contribution in [0.25, 0.3) is 11.1 Å². The quantitative estimate of drug-likeness (QED) is 0.500. The Morgan fingerprint density at radius 1 is 1.00 bits per heavy atom. The van der Waals surface area contributed by atoms with Crippen LogP contribution in [0, 0.1) is 5.82 Å². The second kappa shape index (κ2) is 10.6. The van der Waals surface area contributed by atoms with Crippen LogP contribution < -0.4 is 9.64 Å². The first-order valence-electron chi connectivity index (χ1n) is 12.7. The predicted octanol–water partition coefficient (Wildman–Crippen LogP) is 4.86. The molecule has 0 fully saturated rings. The number of anilines is 1. The molecule has 2 heterocycles. The number of aryl methyl sites for hydroxylation is 1. The van der Waals surface area contributed by atoms with Gasteiger partial charge in [0.05, 0.1) is 13.5 Å². The molecular formula is C30H31FN2O4. The fourth-order valence-electron chi connectivity index (χ4n) is 5.58. The molecule has 192 valence electrons. The molecular weight excluding hydrogens is 471 g/mol. The van der Waals surface area contributed by atoms with Crippen molar-refractivity contribution in [2.75, 3.05) is 31.6 Å². The smallest absolute Gasteiger partial charge is 0.307 e. The number of hydrogen-bond donors (Lipinski definition) is 1. The van der Waals surface area contributed by atoms with Crippen molar-refractivity contribution >= 4 is 17.6 Å². The molecule has 0 unspecified atom stereocenters. The number of nitrogens with zero attached hydrogens (tertiary/aromatic N) is 2. The van der Waals surface area contributed by atoms with E-state index in [2.05, 4.69) is 23.1 Å². The Bertz CT molecular complexity index is 1340. The minimum absolute atomic E-state index is 0.0514. The fourth-order valence-corrected chi connectivity index (χ4v) is 5.58. The normalized spacial score (nSPS) is 14.6. The number of hydrogen-bond acceptors (Lipinski definition) is 4. The highest BCUT2D eigenvalue weighted by molar-refractivity contribution is 5.80. The Morgan fingerprint density at radius 3 is 2.65 bits per heavy atom. The molecule has 37 heavy (non-hydrogen) atoms. The Morgan fingerprint density at radius 2 is 1.84 bits per heavy atom. The molecule has 1 amide bonds. The molecule has 0 aliphatic carbocycles. The lowest BCUT2D eigenvalue weighted by Crippen LogP contribution is -2.39. The number of fused-ring (bicyclic) bond motifs is 2. The van der Waals surface area contributed by atoms with Crippen LogP contribution in [0.1, 0.15) is 35.1 Å². The zero-order chi connectivity index (χ0) is 25.9. The van der Waals surface area contributed by atoms with Crippen molar-refractivity contribution in [3.05, 3.63) is 82.7 Å². The van der Waals surface area contributed by atoms with E-state index in [0.29, 0.717) is 54.9 Å². The van der Waals surface area contributed by atoms with Gasteiger partial charge >= 0.3 is 5.97 Å². The van der Waals surface area contributed by atoms with Crippen molar-refractivity contribution in [3.8, 4) is 16.9 Å². The summed E-state index contributed by atoms with van der Waals surface area (Å²) >= 11 is 0. The number of aliphatic carboxylic acids is 1. The van der Waals surface area contributed by atoms with Gasteiger partial charge in [-0.05, 0) is 71.3 Å². The topological polar surface area (TPSA) is 70.1 Å². The van der Waals surface area contributed by atoms with E-state index < -0.39 is 5.97 Å². The largest absolute Gasteiger partial charge is 0.496 e. The second-order valence-corrected chi connectivity index (χ2v) is 9.69. The third-order valence-electron chi connectivity index (χ3n) is 7.42. The highest BCUT2D eigenvalue weighted by Gasteiger charge is 2.27. The number of para-hydroxylation sites is 1. The van der Waals surface area contributed by atoms with Gasteiger partial charge in [-0.15, -0.1) is 0 Å². The second-order valence-electron chi connectivity index (χ2n) is 9.69. The van der Waals surface area contributed by atoms with Crippen LogP contribution >= 0.6 is 0 Å². The van der Waals surface area contributed by atoms with Crippen molar-refractivity contribution in [3.63, 3.8) is 0 Å². The molecule has 0 bridgehead atoms. The lowest BCUT2D eigenvalue weighted by molar-refractivity contribution is -0.136. The summed E-state index contributed by atoms with van der Waals surface area (Å²) < 4.78 is 20.4. The van der Waals surface area contributed by atoms with E-state index in [-0.39, 0.29) is 18.1 Å². The molecule has 0 aromatic heterocycles. The van der Waals surface area contributed by atoms with Gasteiger partial charge in [0, 0.05) is 43.9 Å². The predicted molar refractivity (Wildman–Crippen MR) is 140 cm³/mol. The zero-order valence-electron chi connectivity index (χ0n) is 21.0. The van der Waals surface area contributed by atoms with Crippen LogP contribution in [0.5, 0.6) is 5.75 Å². The summed E-state index contributed by atoms with van der Waals surface area (Å²) in [5, 5.41) is 9.25. The number of benzene rings is 3. The maximum absolute atomic E-state index is 14.8. The summed E-state index contributed by atoms with van der Waals surface area (Å²) in [7, 11) is 1.56. The number of methoxy groups -OCH3 is 1. The van der Waals surface area contributed by atoms with Gasteiger partial charge in [-0.25, -0.2) is 4.39 Å². The van der Waals surface area contributed by atoms with Crippen LogP contribution in [-0.2, 0) is 35.4 Å². The maximum Gasteiger partial charge on any atom is 0.307 e. The van der Waals surface area contributed by atoms with E-state index in [1.54, 1.807) is 31.4 Å². The van der Waals surface area contributed by atoms with Crippen LogP contribution in [0.15, 0.2) is 54.6 Å². The first-order chi connectivity index (χ1) is 17.9. The number of rotatable bonds is 7. The van der Waals surface area contributed by atoms with Crippen molar-refractivity contribution in [2.24, 2.45) is 0 Å². The molecule has 2 aliphatic rings. The van der Waals surface area contributed by atoms with Crippen LogP contribution in [0.3, 0.4) is 0 Å². The van der Waals surface area contributed by atoms with Gasteiger partial charge in [-0.2, -0.15) is 0 Å². The highest BCUT2D eigenvalue weighted by atomic mass is 19.1. The van der Waals surface area contributed by atoms with Gasteiger partial charge in [0.2, 0.25) is 5.91 Å². The molecule has 0 atom stereocenters. The molecule has 7 heteroatoms. The summed E-state index contributed by atoms with van der Waals surface area (Å²) in [5.41, 5.74) is 6.01. The van der Waals surface area contributed by atoms with Gasteiger partial charge in [-0.1, -0.05) is 30.3 Å². The Balaban J connectivity index is 1.38. The van der Waals surface area contributed by atoms with E-state index in [4.69, 9.17) is 4.74 Å². The van der Waals surface area contributed by atoms with Gasteiger partial charge < -0.3 is 19.6 Å². The van der Waals surface area contributed by atoms with Crippen molar-refractivity contribution in [1.82, 2.24) is 4.90 Å². The number of amides is 1. The standard InChI is InChI=1S/C30H31FN2O4/c1-37-28-11-8-20(18-30(35)36)17-24(28)22-9-10-26(31)23-12-15-33(19-25(22)23)29(34)13-16-32-14-4-6-21-5-2-3-7-27(21)32/h2-3,5,7-11,17H,4,6,12-16,18-19H2,1H3,(H,35,36). The van der Waals surface area contributed by atoms with Crippen LogP contribution in [-0.4, -0.2) is 48.6 Å². The van der Waals surface area contributed by atoms with E-state index in [9.17, 15) is 19.1 Å². The summed E-state index contributed by atoms with van der Waals surface area (Å²) in [4.78, 5) is 28.7. The summed E-state index contributed by atoms with van der Waals surface area (Å²) in [6, 6.07) is 16.8. The van der Waals surface area contributed by atoms with E-state index in [0.717, 1.165) is 30.5 Å². The number of ether oxygens (including phenoxy) is 1. The lowest BCUT2D eigenvalue weighted by Gasteiger charge is -2.34. The van der Waals surface area contributed by atoms with Gasteiger partial charge in [0.15, 0.2) is 0 Å². The third kappa shape index (κ3) is 5.17. The van der Waals surface area contributed by atoms with Crippen LogP contribution in [0.4, 0.5) is 10.1 Å². The summed E-state index contributed by atoms with van der Waals surface area (Å²) in [5.74, 6) is -0.576. The number of carboxylic acid groups (broad SMARTS) is 1. The number of halogens is 1. The minimum atomic E-state index is -0.926. The molecule has 3 aromatic carbocycles. The SMILES string of the molecule is COc1ccc(CC(=O)O)cc1-c1ccc(F)c2c1CN(C(=O)CCN1CCCc3ccccc31)CC2. The molecule has 2 aliphatic heterocycles. The molecule has 3 aromatic rings. The Labute approximate surface area is 216 Å². The first kappa shape index (κ1) is 24.8. The van der Waals surface area contributed by atoms with E-state index in [1.807, 2.05) is 11.0 Å². The molecule has 0 saturated carbocycles. The average Bonchev–Trinajstić information content (AvgIpc) is 2.91. The van der Waals surface area contributed by atoms with Gasteiger partial charge in [0.1, 0.15) is 11.6 Å². The maximum atomic E-state index is 14.8. The molecule has 5 rings (SSSR count). The number of carbonyl (C=O) groups is 2. The Hall–Kier alpha value is -3.87. The Kier molecular flexibility index (Phi) is 7.12. The molecule has 6 nitrogen and oxygen atoms in total. The summed E-state index contributed by atoms with van der Waals surface area (Å²) in [6.45, 7) is 2.37. The summed E-state index contributed by atoms with van der Waals surface area (Å²) in [6.07, 6.45) is 2.85. The van der Waals surface area contributed by atoms with E-state index in [1.165, 1.54) is 17.3 Å². The van der Waals surface area contributed by atoms with Crippen molar-refractivity contribution in [2.45, 2.75) is 38.6 Å². The monoisotopic (exact) mass is 502 g/mol. The number of carboxylic acids is 1. The highest BCUT2D eigenvalue weighted by Crippen LogP contribution is 2.38. The molecule has 0 saturated heterocycles. The van der Waals surface area contributed by atoms with Crippen LogP contribution in [0.2, 0.25) is 0 Å². The van der Waals surface area contributed by atoms with Crippen molar-refractivity contribution in [1.29, 1.82) is 0 Å². The molecule has 1 N–H and O–H groups in total. The molecule has 0 spiro atoms. The van der Waals surface area contributed by atoms with E-state index >= 15 is 0 Å².